The molecule has 1 aliphatic rings. The number of rotatable bonds is 4. The summed E-state index contributed by atoms with van der Waals surface area (Å²) in [5.74, 6) is 0.239. The Labute approximate surface area is 162 Å². The minimum atomic E-state index is -0.489. The number of nitrogens with two attached hydrogens (primary N) is 1. The number of hydrogen-bond acceptors (Lipinski definition) is 5. The van der Waals surface area contributed by atoms with E-state index in [-0.39, 0.29) is 6.04 Å². The van der Waals surface area contributed by atoms with Crippen LogP contribution < -0.4 is 16.0 Å². The van der Waals surface area contributed by atoms with Gasteiger partial charge < -0.3 is 16.0 Å². The summed E-state index contributed by atoms with van der Waals surface area (Å²) in [5.41, 5.74) is 7.62. The molecular weight excluding hydrogens is 362 g/mol. The zero-order valence-electron chi connectivity index (χ0n) is 14.7. The van der Waals surface area contributed by atoms with Gasteiger partial charge in [-0.05, 0) is 49.2 Å². The molecule has 1 saturated heterocycles. The number of benzene rings is 2. The zero-order valence-corrected chi connectivity index (χ0v) is 15.5. The molecule has 0 bridgehead atoms. The molecule has 1 aromatic heterocycles. The van der Waals surface area contributed by atoms with E-state index in [0.29, 0.717) is 11.1 Å². The number of fused-ring (bicyclic) bond motifs is 1. The first-order valence-corrected chi connectivity index (χ1v) is 9.30. The minimum absolute atomic E-state index is 0.241. The first-order valence-electron chi connectivity index (χ1n) is 8.92. The first kappa shape index (κ1) is 17.5. The van der Waals surface area contributed by atoms with E-state index in [4.69, 9.17) is 17.3 Å². The van der Waals surface area contributed by atoms with Crippen molar-refractivity contribution in [1.82, 2.24) is 9.97 Å². The Morgan fingerprint density at radius 2 is 2.00 bits per heavy atom. The maximum absolute atomic E-state index is 11.7. The summed E-state index contributed by atoms with van der Waals surface area (Å²) < 4.78 is 0. The lowest BCUT2D eigenvalue weighted by Crippen LogP contribution is -2.42. The van der Waals surface area contributed by atoms with Gasteiger partial charge >= 0.3 is 0 Å². The number of para-hydroxylation sites is 1. The second-order valence-electron chi connectivity index (χ2n) is 6.69. The number of carbonyl (C=O) groups is 1. The maximum Gasteiger partial charge on any atom is 0.250 e. The fourth-order valence-electron chi connectivity index (χ4n) is 3.58. The van der Waals surface area contributed by atoms with Crippen LogP contribution in [-0.2, 0) is 0 Å². The van der Waals surface area contributed by atoms with Crippen molar-refractivity contribution in [3.8, 4) is 0 Å². The Hall–Kier alpha value is -2.86. The average Bonchev–Trinajstić information content (AvgIpc) is 2.68. The SMILES string of the molecule is NC(=O)c1cccc2c(NC3CCCN(c4ccc(Cl)cc4)C3)ncnc12. The third-order valence-electron chi connectivity index (χ3n) is 4.88. The molecule has 3 N–H and O–H groups in total. The Bertz CT molecular complexity index is 976. The van der Waals surface area contributed by atoms with Gasteiger partial charge in [0, 0.05) is 35.2 Å². The molecular formula is C20H20ClN5O. The zero-order chi connectivity index (χ0) is 18.8. The highest BCUT2D eigenvalue weighted by atomic mass is 35.5. The van der Waals surface area contributed by atoms with Gasteiger partial charge in [-0.3, -0.25) is 4.79 Å². The largest absolute Gasteiger partial charge is 0.369 e. The van der Waals surface area contributed by atoms with Crippen molar-refractivity contribution >= 4 is 39.9 Å². The summed E-state index contributed by atoms with van der Waals surface area (Å²) in [5, 5.41) is 5.07. The third-order valence-corrected chi connectivity index (χ3v) is 5.14. The van der Waals surface area contributed by atoms with Crippen LogP contribution in [-0.4, -0.2) is 35.0 Å². The van der Waals surface area contributed by atoms with Crippen LogP contribution in [0.15, 0.2) is 48.8 Å². The van der Waals surface area contributed by atoms with E-state index in [1.165, 1.54) is 6.33 Å². The van der Waals surface area contributed by atoms with Crippen molar-refractivity contribution in [2.24, 2.45) is 5.73 Å². The van der Waals surface area contributed by atoms with Gasteiger partial charge in [-0.1, -0.05) is 17.7 Å². The van der Waals surface area contributed by atoms with Gasteiger partial charge in [0.25, 0.3) is 5.91 Å². The highest BCUT2D eigenvalue weighted by molar-refractivity contribution is 6.30. The summed E-state index contributed by atoms with van der Waals surface area (Å²) >= 11 is 6.00. The number of primary amides is 1. The van der Waals surface area contributed by atoms with Crippen LogP contribution in [0.5, 0.6) is 0 Å². The van der Waals surface area contributed by atoms with Gasteiger partial charge in [0.05, 0.1) is 11.1 Å². The van der Waals surface area contributed by atoms with Crippen molar-refractivity contribution < 1.29 is 4.79 Å². The number of carbonyl (C=O) groups excluding carboxylic acids is 1. The summed E-state index contributed by atoms with van der Waals surface area (Å²) in [7, 11) is 0. The molecule has 0 saturated carbocycles. The highest BCUT2D eigenvalue weighted by Crippen LogP contribution is 2.26. The van der Waals surface area contributed by atoms with Crippen LogP contribution in [0, 0.1) is 0 Å². The number of halogens is 1. The van der Waals surface area contributed by atoms with E-state index in [0.717, 1.165) is 47.8 Å². The molecule has 1 aliphatic heterocycles. The molecule has 1 fully saturated rings. The van der Waals surface area contributed by atoms with Gasteiger partial charge in [0.15, 0.2) is 0 Å². The second kappa shape index (κ2) is 7.40. The fraction of sp³-hybridized carbons (Fsp3) is 0.250. The van der Waals surface area contributed by atoms with Gasteiger partial charge in [0.2, 0.25) is 0 Å². The van der Waals surface area contributed by atoms with E-state index in [9.17, 15) is 4.79 Å². The van der Waals surface area contributed by atoms with Crippen LogP contribution in [0.25, 0.3) is 10.9 Å². The van der Waals surface area contributed by atoms with Crippen molar-refractivity contribution in [3.63, 3.8) is 0 Å². The minimum Gasteiger partial charge on any atom is -0.369 e. The molecule has 7 heteroatoms. The van der Waals surface area contributed by atoms with E-state index in [1.807, 2.05) is 30.3 Å². The van der Waals surface area contributed by atoms with Crippen LogP contribution in [0.4, 0.5) is 11.5 Å². The first-order chi connectivity index (χ1) is 13.1. The summed E-state index contributed by atoms with van der Waals surface area (Å²) in [6.07, 6.45) is 3.60. The van der Waals surface area contributed by atoms with Crippen LogP contribution in [0.2, 0.25) is 5.02 Å². The number of hydrogen-bond donors (Lipinski definition) is 2. The highest BCUT2D eigenvalue weighted by Gasteiger charge is 2.21. The van der Waals surface area contributed by atoms with E-state index in [1.54, 1.807) is 12.1 Å². The maximum atomic E-state index is 11.7. The Kier molecular flexibility index (Phi) is 4.81. The van der Waals surface area contributed by atoms with Gasteiger partial charge in [0.1, 0.15) is 12.1 Å². The predicted octanol–water partition coefficient (Wildman–Crippen LogP) is 3.46. The molecule has 2 heterocycles. The molecule has 2 aromatic carbocycles. The van der Waals surface area contributed by atoms with Crippen molar-refractivity contribution in [2.45, 2.75) is 18.9 Å². The molecule has 0 spiro atoms. The summed E-state index contributed by atoms with van der Waals surface area (Å²) in [6, 6.07) is 13.6. The van der Waals surface area contributed by atoms with Crippen LogP contribution in [0.3, 0.4) is 0 Å². The topological polar surface area (TPSA) is 84.1 Å². The molecule has 6 nitrogen and oxygen atoms in total. The van der Waals surface area contributed by atoms with Gasteiger partial charge in [-0.2, -0.15) is 0 Å². The quantitative estimate of drug-likeness (QED) is 0.723. The summed E-state index contributed by atoms with van der Waals surface area (Å²) in [6.45, 7) is 1.87. The molecule has 1 atom stereocenters. The Balaban J connectivity index is 1.58. The number of amides is 1. The average molecular weight is 382 g/mol. The molecule has 1 amide bonds. The lowest BCUT2D eigenvalue weighted by Gasteiger charge is -2.35. The lowest BCUT2D eigenvalue weighted by molar-refractivity contribution is 0.100. The Morgan fingerprint density at radius 3 is 2.78 bits per heavy atom. The van der Waals surface area contributed by atoms with Crippen molar-refractivity contribution in [1.29, 1.82) is 0 Å². The third kappa shape index (κ3) is 3.66. The fourth-order valence-corrected chi connectivity index (χ4v) is 3.70. The second-order valence-corrected chi connectivity index (χ2v) is 7.13. The summed E-state index contributed by atoms with van der Waals surface area (Å²) in [4.78, 5) is 22.7. The van der Waals surface area contributed by atoms with Crippen LogP contribution in [0.1, 0.15) is 23.2 Å². The van der Waals surface area contributed by atoms with Crippen molar-refractivity contribution in [2.75, 3.05) is 23.3 Å². The number of nitrogens with one attached hydrogen (secondary N) is 1. The predicted molar refractivity (Wildman–Crippen MR) is 108 cm³/mol. The van der Waals surface area contributed by atoms with E-state index >= 15 is 0 Å². The monoisotopic (exact) mass is 381 g/mol. The molecule has 0 aliphatic carbocycles. The molecule has 4 rings (SSSR count). The van der Waals surface area contributed by atoms with Gasteiger partial charge in [-0.25, -0.2) is 9.97 Å². The van der Waals surface area contributed by atoms with Crippen molar-refractivity contribution in [3.05, 3.63) is 59.4 Å². The smallest absolute Gasteiger partial charge is 0.250 e. The number of nitrogens with zero attached hydrogens (tertiary/aromatic N) is 3. The molecule has 1 unspecified atom stereocenters. The molecule has 0 radical (unpaired) electrons. The van der Waals surface area contributed by atoms with E-state index in [2.05, 4.69) is 20.2 Å². The number of aromatic nitrogens is 2. The van der Waals surface area contributed by atoms with E-state index < -0.39 is 5.91 Å². The Morgan fingerprint density at radius 1 is 1.19 bits per heavy atom. The molecule has 27 heavy (non-hydrogen) atoms. The van der Waals surface area contributed by atoms with Gasteiger partial charge in [-0.15, -0.1) is 0 Å². The lowest BCUT2D eigenvalue weighted by atomic mass is 10.0. The number of anilines is 2. The molecule has 3 aromatic rings. The number of piperidine rings is 1. The normalized spacial score (nSPS) is 17.1. The molecule has 138 valence electrons. The van der Waals surface area contributed by atoms with Crippen LogP contribution >= 0.6 is 11.6 Å². The standard InChI is InChI=1S/C20H20ClN5O/c21-13-6-8-15(9-7-13)26-10-2-3-14(11-26)25-20-17-5-1-4-16(19(22)27)18(17)23-12-24-20/h1,4-9,12,14H,2-3,10-11H2,(H2,22,27)(H,23,24,25).